The van der Waals surface area contributed by atoms with E-state index < -0.39 is 6.10 Å². The van der Waals surface area contributed by atoms with Gasteiger partial charge in [-0.05, 0) is 41.0 Å². The number of hydrogen-bond donors (Lipinski definition) is 0. The van der Waals surface area contributed by atoms with Crippen LogP contribution in [0.15, 0.2) is 87.8 Å². The Morgan fingerprint density at radius 3 is 1.86 bits per heavy atom. The molecule has 0 bridgehead atoms. The first kappa shape index (κ1) is 19.4. The van der Waals surface area contributed by atoms with Crippen LogP contribution in [0.1, 0.15) is 34.9 Å². The fourth-order valence-corrected chi connectivity index (χ4v) is 4.15. The zero-order chi connectivity index (χ0) is 19.7. The fourth-order valence-electron chi connectivity index (χ4n) is 3.63. The van der Waals surface area contributed by atoms with E-state index in [2.05, 4.69) is 31.9 Å². The van der Waals surface area contributed by atoms with Gasteiger partial charge in [-0.1, -0.05) is 86.5 Å². The van der Waals surface area contributed by atoms with Crippen LogP contribution in [0.4, 0.5) is 0 Å². The number of rotatable bonds is 3. The molecule has 1 aliphatic rings. The first-order chi connectivity index (χ1) is 13.5. The zero-order valence-corrected chi connectivity index (χ0v) is 18.4. The molecule has 28 heavy (non-hydrogen) atoms. The van der Waals surface area contributed by atoms with Gasteiger partial charge in [0, 0.05) is 16.0 Å². The second-order valence-electron chi connectivity index (χ2n) is 6.84. The van der Waals surface area contributed by atoms with Gasteiger partial charge in [0.2, 0.25) is 0 Å². The normalized spacial score (nSPS) is 22.3. The molecule has 4 rings (SSSR count). The van der Waals surface area contributed by atoms with Gasteiger partial charge in [-0.25, -0.2) is 0 Å². The van der Waals surface area contributed by atoms with Gasteiger partial charge in [0.25, 0.3) is 5.91 Å². The molecular weight excluding hydrogens is 482 g/mol. The van der Waals surface area contributed by atoms with Gasteiger partial charge >= 0.3 is 0 Å². The summed E-state index contributed by atoms with van der Waals surface area (Å²) in [5.74, 6) is -0.0347. The molecule has 3 aromatic carbocycles. The molecule has 0 aliphatic carbocycles. The van der Waals surface area contributed by atoms with Crippen molar-refractivity contribution in [1.29, 1.82) is 0 Å². The second-order valence-corrected chi connectivity index (χ2v) is 8.68. The Kier molecular flexibility index (Phi) is 5.67. The Bertz CT molecular complexity index is 958. The molecule has 1 heterocycles. The number of amides is 1. The van der Waals surface area contributed by atoms with Crippen molar-refractivity contribution in [3.8, 4) is 0 Å². The van der Waals surface area contributed by atoms with Crippen molar-refractivity contribution in [1.82, 2.24) is 4.90 Å². The first-order valence-corrected chi connectivity index (χ1v) is 10.6. The lowest BCUT2D eigenvalue weighted by Crippen LogP contribution is -2.45. The molecule has 3 aromatic rings. The standard InChI is InChI=1S/C23H19Br2NO2/c1-26-20(15-7-11-18(24)12-8-15)21(17-9-13-19(25)14-10-17)28-22(23(26)27)16-5-3-2-4-6-16/h2-14,20-22H,1H3. The number of hydrogen-bond acceptors (Lipinski definition) is 2. The number of halogens is 2. The minimum Gasteiger partial charge on any atom is -0.353 e. The van der Waals surface area contributed by atoms with E-state index in [1.807, 2.05) is 90.8 Å². The van der Waals surface area contributed by atoms with Gasteiger partial charge < -0.3 is 9.64 Å². The summed E-state index contributed by atoms with van der Waals surface area (Å²) >= 11 is 6.98. The highest BCUT2D eigenvalue weighted by Crippen LogP contribution is 2.45. The highest BCUT2D eigenvalue weighted by molar-refractivity contribution is 9.10. The Morgan fingerprint density at radius 1 is 0.750 bits per heavy atom. The minimum absolute atomic E-state index is 0.0347. The average molecular weight is 501 g/mol. The highest BCUT2D eigenvalue weighted by atomic mass is 79.9. The number of carbonyl (C=O) groups excluding carboxylic acids is 1. The maximum Gasteiger partial charge on any atom is 0.256 e. The molecule has 0 aromatic heterocycles. The van der Waals surface area contributed by atoms with Crippen LogP contribution in [0, 0.1) is 0 Å². The molecule has 0 saturated carbocycles. The van der Waals surface area contributed by atoms with Crippen molar-refractivity contribution in [3.05, 3.63) is 104 Å². The van der Waals surface area contributed by atoms with Crippen LogP contribution in [-0.2, 0) is 9.53 Å². The third kappa shape index (κ3) is 3.79. The van der Waals surface area contributed by atoms with E-state index in [0.717, 1.165) is 25.6 Å². The van der Waals surface area contributed by atoms with Crippen LogP contribution in [0.5, 0.6) is 0 Å². The molecule has 1 aliphatic heterocycles. The van der Waals surface area contributed by atoms with E-state index >= 15 is 0 Å². The van der Waals surface area contributed by atoms with Crippen LogP contribution in [0.3, 0.4) is 0 Å². The quantitative estimate of drug-likeness (QED) is 0.427. The Hall–Kier alpha value is -1.95. The van der Waals surface area contributed by atoms with E-state index in [0.29, 0.717) is 0 Å². The Morgan fingerprint density at radius 2 is 1.29 bits per heavy atom. The number of ether oxygens (including phenoxy) is 1. The second kappa shape index (κ2) is 8.19. The van der Waals surface area contributed by atoms with E-state index in [1.54, 1.807) is 0 Å². The van der Waals surface area contributed by atoms with Crippen LogP contribution in [0.25, 0.3) is 0 Å². The third-order valence-corrected chi connectivity index (χ3v) is 6.13. The molecule has 3 atom stereocenters. The monoisotopic (exact) mass is 499 g/mol. The van der Waals surface area contributed by atoms with Crippen LogP contribution in [0.2, 0.25) is 0 Å². The number of benzene rings is 3. The molecule has 3 unspecified atom stereocenters. The summed E-state index contributed by atoms with van der Waals surface area (Å²) in [6.45, 7) is 0. The summed E-state index contributed by atoms with van der Waals surface area (Å²) in [4.78, 5) is 15.0. The van der Waals surface area contributed by atoms with Gasteiger partial charge in [-0.2, -0.15) is 0 Å². The first-order valence-electron chi connectivity index (χ1n) is 9.02. The molecule has 1 fully saturated rings. The molecular formula is C23H19Br2NO2. The van der Waals surface area contributed by atoms with Gasteiger partial charge in [0.05, 0.1) is 6.04 Å². The van der Waals surface area contributed by atoms with Gasteiger partial charge in [-0.15, -0.1) is 0 Å². The topological polar surface area (TPSA) is 29.5 Å². The number of carbonyl (C=O) groups is 1. The maximum absolute atomic E-state index is 13.2. The Balaban J connectivity index is 1.78. The lowest BCUT2D eigenvalue weighted by molar-refractivity contribution is -0.172. The molecule has 5 heteroatoms. The SMILES string of the molecule is CN1C(=O)C(c2ccccc2)OC(c2ccc(Br)cc2)C1c1ccc(Br)cc1. The van der Waals surface area contributed by atoms with Crippen molar-refractivity contribution in [2.75, 3.05) is 7.05 Å². The van der Waals surface area contributed by atoms with Crippen molar-refractivity contribution in [2.45, 2.75) is 18.2 Å². The maximum atomic E-state index is 13.2. The van der Waals surface area contributed by atoms with Crippen LogP contribution < -0.4 is 0 Å². The Labute approximate surface area is 181 Å². The predicted octanol–water partition coefficient (Wildman–Crippen LogP) is 6.22. The summed E-state index contributed by atoms with van der Waals surface area (Å²) in [5, 5.41) is 0. The molecule has 3 nitrogen and oxygen atoms in total. The number of nitrogens with zero attached hydrogens (tertiary/aromatic N) is 1. The fraction of sp³-hybridized carbons (Fsp3) is 0.174. The molecule has 1 saturated heterocycles. The van der Waals surface area contributed by atoms with Gasteiger partial charge in [0.15, 0.2) is 6.10 Å². The summed E-state index contributed by atoms with van der Waals surface area (Å²) in [7, 11) is 1.86. The predicted molar refractivity (Wildman–Crippen MR) is 117 cm³/mol. The van der Waals surface area contributed by atoms with E-state index in [9.17, 15) is 4.79 Å². The summed E-state index contributed by atoms with van der Waals surface area (Å²) in [5.41, 5.74) is 2.95. The molecule has 0 radical (unpaired) electrons. The zero-order valence-electron chi connectivity index (χ0n) is 15.3. The van der Waals surface area contributed by atoms with Crippen LogP contribution >= 0.6 is 31.9 Å². The van der Waals surface area contributed by atoms with Crippen molar-refractivity contribution in [2.24, 2.45) is 0 Å². The van der Waals surface area contributed by atoms with Crippen molar-refractivity contribution < 1.29 is 9.53 Å². The summed E-state index contributed by atoms with van der Waals surface area (Å²) in [6.07, 6.45) is -0.895. The minimum atomic E-state index is -0.619. The van der Waals surface area contributed by atoms with Crippen molar-refractivity contribution >= 4 is 37.8 Å². The van der Waals surface area contributed by atoms with Gasteiger partial charge in [0.1, 0.15) is 6.10 Å². The largest absolute Gasteiger partial charge is 0.353 e. The van der Waals surface area contributed by atoms with E-state index in [1.165, 1.54) is 0 Å². The molecule has 0 N–H and O–H groups in total. The van der Waals surface area contributed by atoms with E-state index in [4.69, 9.17) is 4.74 Å². The smallest absolute Gasteiger partial charge is 0.256 e. The van der Waals surface area contributed by atoms with Gasteiger partial charge in [-0.3, -0.25) is 4.79 Å². The molecule has 1 amide bonds. The number of morpholine rings is 1. The summed E-state index contributed by atoms with van der Waals surface area (Å²) < 4.78 is 8.47. The summed E-state index contributed by atoms with van der Waals surface area (Å²) in [6, 6.07) is 25.7. The third-order valence-electron chi connectivity index (χ3n) is 5.07. The van der Waals surface area contributed by atoms with Crippen molar-refractivity contribution in [3.63, 3.8) is 0 Å². The molecule has 0 spiro atoms. The van der Waals surface area contributed by atoms with E-state index in [-0.39, 0.29) is 18.1 Å². The average Bonchev–Trinajstić information content (AvgIpc) is 2.72. The highest BCUT2D eigenvalue weighted by Gasteiger charge is 2.42. The van der Waals surface area contributed by atoms with Crippen LogP contribution in [-0.4, -0.2) is 17.9 Å². The lowest BCUT2D eigenvalue weighted by atomic mass is 9.91. The lowest BCUT2D eigenvalue weighted by Gasteiger charge is -2.43. The number of likely N-dealkylation sites (N-methyl/N-ethyl adjacent to an activating group) is 1. The molecule has 142 valence electrons.